The summed E-state index contributed by atoms with van der Waals surface area (Å²) in [6, 6.07) is 12.4. The molecule has 0 bridgehead atoms. The number of nitrogens with one attached hydrogen (secondary N) is 1. The van der Waals surface area contributed by atoms with Gasteiger partial charge in [-0.05, 0) is 55.2 Å². The van der Waals surface area contributed by atoms with Crippen LogP contribution in [0.15, 0.2) is 41.8 Å². The van der Waals surface area contributed by atoms with Crippen LogP contribution < -0.4 is 5.32 Å². The van der Waals surface area contributed by atoms with Gasteiger partial charge in [0.1, 0.15) is 11.2 Å². The molecule has 0 unspecified atom stereocenters. The maximum atomic E-state index is 13.9. The van der Waals surface area contributed by atoms with E-state index < -0.39 is 5.54 Å². The highest BCUT2D eigenvalue weighted by Crippen LogP contribution is 2.36. The number of amides is 2. The van der Waals surface area contributed by atoms with Gasteiger partial charge >= 0.3 is 0 Å². The topological polar surface area (TPSA) is 54.3 Å². The quantitative estimate of drug-likeness (QED) is 0.566. The van der Waals surface area contributed by atoms with E-state index in [9.17, 15) is 9.59 Å². The first-order chi connectivity index (χ1) is 15.8. The predicted octanol–water partition coefficient (Wildman–Crippen LogP) is 5.37. The van der Waals surface area contributed by atoms with E-state index in [-0.39, 0.29) is 17.9 Å². The Labute approximate surface area is 199 Å². The third-order valence-corrected chi connectivity index (χ3v) is 8.88. The summed E-state index contributed by atoms with van der Waals surface area (Å²) < 4.78 is 3.14. The Hall–Kier alpha value is -2.60. The van der Waals surface area contributed by atoms with E-state index in [1.165, 1.54) is 12.0 Å². The number of nitrogens with zero attached hydrogens (tertiary/aromatic N) is 2. The molecule has 2 amide bonds. The first kappa shape index (κ1) is 22.2. The summed E-state index contributed by atoms with van der Waals surface area (Å²) in [6.07, 6.45) is 3.35. The standard InChI is InChI=1S/C27H33N3O2S/c1-17-8-10-20(11-9-17)15-30-25(31)23-14-24-22(12-13-33-24)29(23)16-27(30,4)26(32)28-21-7-5-6-18(2)19(21)3/h8-14,18-19,21H,5-7,15-16H2,1-4H3,(H,28,32)/t18-,19+,21-,27-/m1/s1. The molecule has 1 saturated carbocycles. The second-order valence-corrected chi connectivity index (χ2v) is 11.2. The third-order valence-electron chi connectivity index (χ3n) is 8.02. The number of fused-ring (bicyclic) bond motifs is 3. The Morgan fingerprint density at radius 3 is 2.70 bits per heavy atom. The van der Waals surface area contributed by atoms with Crippen molar-refractivity contribution in [3.05, 3.63) is 58.6 Å². The van der Waals surface area contributed by atoms with Crippen molar-refractivity contribution in [1.82, 2.24) is 14.8 Å². The summed E-state index contributed by atoms with van der Waals surface area (Å²) in [5, 5.41) is 5.42. The Bertz CT molecular complexity index is 1190. The number of benzene rings is 1. The second-order valence-electron chi connectivity index (χ2n) is 10.3. The zero-order valence-electron chi connectivity index (χ0n) is 19.9. The van der Waals surface area contributed by atoms with Crippen molar-refractivity contribution in [3.8, 4) is 0 Å². The first-order valence-corrected chi connectivity index (χ1v) is 12.9. The average Bonchev–Trinajstić information content (AvgIpc) is 3.38. The third kappa shape index (κ3) is 3.78. The van der Waals surface area contributed by atoms with Crippen LogP contribution in [0.25, 0.3) is 10.2 Å². The fourth-order valence-electron chi connectivity index (χ4n) is 5.51. The first-order valence-electron chi connectivity index (χ1n) is 12.0. The lowest BCUT2D eigenvalue weighted by molar-refractivity contribution is -0.134. The highest BCUT2D eigenvalue weighted by molar-refractivity contribution is 7.17. The van der Waals surface area contributed by atoms with Crippen molar-refractivity contribution in [2.75, 3.05) is 0 Å². The van der Waals surface area contributed by atoms with Gasteiger partial charge in [-0.25, -0.2) is 0 Å². The van der Waals surface area contributed by atoms with E-state index in [4.69, 9.17) is 0 Å². The second kappa shape index (κ2) is 8.32. The van der Waals surface area contributed by atoms with Crippen LogP contribution in [-0.2, 0) is 17.9 Å². The lowest BCUT2D eigenvalue weighted by Gasteiger charge is -2.45. The van der Waals surface area contributed by atoms with Crippen LogP contribution >= 0.6 is 11.3 Å². The number of carbonyl (C=O) groups excluding carboxylic acids is 2. The number of aryl methyl sites for hydroxylation is 1. The number of rotatable bonds is 4. The van der Waals surface area contributed by atoms with Crippen LogP contribution in [0, 0.1) is 18.8 Å². The van der Waals surface area contributed by atoms with Gasteiger partial charge in [0.25, 0.3) is 5.91 Å². The minimum absolute atomic E-state index is 0.0448. The highest BCUT2D eigenvalue weighted by Gasteiger charge is 2.48. The summed E-state index contributed by atoms with van der Waals surface area (Å²) >= 11 is 1.64. The normalized spacial score (nSPS) is 27.6. The fraction of sp³-hybridized carbons (Fsp3) is 0.481. The number of hydrogen-bond donors (Lipinski definition) is 1. The van der Waals surface area contributed by atoms with Crippen molar-refractivity contribution in [3.63, 3.8) is 0 Å². The molecule has 1 N–H and O–H groups in total. The molecule has 6 heteroatoms. The Kier molecular flexibility index (Phi) is 5.60. The monoisotopic (exact) mass is 463 g/mol. The number of carbonyl (C=O) groups is 2. The zero-order valence-corrected chi connectivity index (χ0v) is 20.7. The van der Waals surface area contributed by atoms with Gasteiger partial charge in [-0.2, -0.15) is 0 Å². The molecule has 5 nitrogen and oxygen atoms in total. The molecule has 0 radical (unpaired) electrons. The van der Waals surface area contributed by atoms with Gasteiger partial charge in [0.05, 0.1) is 16.8 Å². The maximum Gasteiger partial charge on any atom is 0.271 e. The van der Waals surface area contributed by atoms with Crippen LogP contribution in [0.2, 0.25) is 0 Å². The fourth-order valence-corrected chi connectivity index (χ4v) is 6.33. The predicted molar refractivity (Wildman–Crippen MR) is 133 cm³/mol. The van der Waals surface area contributed by atoms with Gasteiger partial charge in [-0.3, -0.25) is 9.59 Å². The van der Waals surface area contributed by atoms with Crippen molar-refractivity contribution < 1.29 is 9.59 Å². The molecular formula is C27H33N3O2S. The van der Waals surface area contributed by atoms with E-state index in [1.54, 1.807) is 16.2 Å². The molecule has 0 saturated heterocycles. The van der Waals surface area contributed by atoms with Crippen LogP contribution in [0.5, 0.6) is 0 Å². The van der Waals surface area contributed by atoms with E-state index in [2.05, 4.69) is 56.4 Å². The van der Waals surface area contributed by atoms with Gasteiger partial charge in [-0.15, -0.1) is 11.3 Å². The molecule has 174 valence electrons. The van der Waals surface area contributed by atoms with E-state index in [0.717, 1.165) is 28.6 Å². The smallest absolute Gasteiger partial charge is 0.271 e. The summed E-state index contributed by atoms with van der Waals surface area (Å²) in [7, 11) is 0. The Morgan fingerprint density at radius 1 is 1.18 bits per heavy atom. The molecule has 4 atom stereocenters. The summed E-state index contributed by atoms with van der Waals surface area (Å²) in [5.41, 5.74) is 2.96. The Balaban J connectivity index is 1.52. The molecule has 3 heterocycles. The lowest BCUT2D eigenvalue weighted by Crippen LogP contribution is -2.65. The van der Waals surface area contributed by atoms with Gasteiger partial charge in [0.15, 0.2) is 0 Å². The molecule has 1 aliphatic heterocycles. The highest BCUT2D eigenvalue weighted by atomic mass is 32.1. The summed E-state index contributed by atoms with van der Waals surface area (Å²) in [5.74, 6) is 0.904. The van der Waals surface area contributed by atoms with Crippen LogP contribution in [0.1, 0.15) is 61.6 Å². The molecule has 1 aliphatic carbocycles. The van der Waals surface area contributed by atoms with E-state index in [1.807, 2.05) is 22.9 Å². The lowest BCUT2D eigenvalue weighted by atomic mass is 9.77. The molecule has 0 spiro atoms. The van der Waals surface area contributed by atoms with Crippen molar-refractivity contribution >= 4 is 33.4 Å². The molecule has 5 rings (SSSR count). The molecule has 3 aromatic rings. The van der Waals surface area contributed by atoms with Crippen LogP contribution in [0.3, 0.4) is 0 Å². The molecule has 1 fully saturated rings. The SMILES string of the molecule is Cc1ccc(CN2C(=O)c3cc4sccc4n3C[C@]2(C)C(=O)N[C@@H]2CCC[C@@H](C)[C@@H]2C)cc1. The number of aromatic nitrogens is 1. The molecule has 1 aromatic carbocycles. The van der Waals surface area contributed by atoms with Gasteiger partial charge < -0.3 is 14.8 Å². The molecule has 33 heavy (non-hydrogen) atoms. The molecule has 2 aliphatic rings. The summed E-state index contributed by atoms with van der Waals surface area (Å²) in [6.45, 7) is 9.39. The van der Waals surface area contributed by atoms with Gasteiger partial charge in [0, 0.05) is 12.6 Å². The van der Waals surface area contributed by atoms with E-state index >= 15 is 0 Å². The average molecular weight is 464 g/mol. The van der Waals surface area contributed by atoms with E-state index in [0.29, 0.717) is 30.6 Å². The van der Waals surface area contributed by atoms with Gasteiger partial charge in [-0.1, -0.05) is 56.5 Å². The zero-order chi connectivity index (χ0) is 23.3. The number of thiophene rings is 1. The van der Waals surface area contributed by atoms with Crippen LogP contribution in [-0.4, -0.2) is 32.9 Å². The minimum atomic E-state index is -0.969. The maximum absolute atomic E-state index is 13.9. The van der Waals surface area contributed by atoms with Crippen molar-refractivity contribution in [2.24, 2.45) is 11.8 Å². The van der Waals surface area contributed by atoms with Crippen LogP contribution in [0.4, 0.5) is 0 Å². The number of hydrogen-bond acceptors (Lipinski definition) is 3. The minimum Gasteiger partial charge on any atom is -0.351 e. The Morgan fingerprint density at radius 2 is 1.94 bits per heavy atom. The molecular weight excluding hydrogens is 430 g/mol. The van der Waals surface area contributed by atoms with Crippen molar-refractivity contribution in [2.45, 2.75) is 71.6 Å². The molecule has 2 aromatic heterocycles. The largest absolute Gasteiger partial charge is 0.351 e. The van der Waals surface area contributed by atoms with Gasteiger partial charge in [0.2, 0.25) is 5.91 Å². The van der Waals surface area contributed by atoms with Crippen molar-refractivity contribution in [1.29, 1.82) is 0 Å². The summed E-state index contributed by atoms with van der Waals surface area (Å²) in [4.78, 5) is 29.5.